The van der Waals surface area contributed by atoms with E-state index in [1.54, 1.807) is 46.8 Å². The van der Waals surface area contributed by atoms with Crippen LogP contribution in [0.5, 0.6) is 0 Å². The largest absolute Gasteiger partial charge is 0.325 e. The normalized spacial score (nSPS) is 17.6. The summed E-state index contributed by atoms with van der Waals surface area (Å²) in [5.41, 5.74) is 1.03. The van der Waals surface area contributed by atoms with Gasteiger partial charge in [0.05, 0.1) is 16.7 Å². The summed E-state index contributed by atoms with van der Waals surface area (Å²) in [4.78, 5) is 14.9. The topological polar surface area (TPSA) is 107 Å². The molecule has 1 unspecified atom stereocenters. The van der Waals surface area contributed by atoms with Gasteiger partial charge in [0.2, 0.25) is 26.0 Å². The van der Waals surface area contributed by atoms with Crippen LogP contribution in [0, 0.1) is 6.92 Å². The SMILES string of the molecule is CCN(CC)S(=O)(=O)c1cc(NC(=O)C(C)N2CCN(S(=O)(=O)CC)CC2)ccc1C. The summed E-state index contributed by atoms with van der Waals surface area (Å²) in [7, 11) is -6.87. The van der Waals surface area contributed by atoms with Crippen LogP contribution in [0.3, 0.4) is 0 Å². The molecule has 1 aliphatic rings. The molecule has 31 heavy (non-hydrogen) atoms. The van der Waals surface area contributed by atoms with Gasteiger partial charge < -0.3 is 5.32 Å². The van der Waals surface area contributed by atoms with Crippen molar-refractivity contribution in [2.24, 2.45) is 0 Å². The molecular formula is C20H34N4O5S2. The zero-order chi connectivity index (χ0) is 23.4. The van der Waals surface area contributed by atoms with Gasteiger partial charge in [0.25, 0.3) is 0 Å². The van der Waals surface area contributed by atoms with Crippen molar-refractivity contribution >= 4 is 31.6 Å². The molecule has 2 rings (SSSR count). The second-order valence-corrected chi connectivity index (χ2v) is 11.7. The van der Waals surface area contributed by atoms with Gasteiger partial charge in [-0.05, 0) is 38.5 Å². The standard InChI is InChI=1S/C20H34N4O5S2/c1-6-23(7-2)31(28,29)19-15-18(10-9-16(19)4)21-20(25)17(5)22-11-13-24(14-12-22)30(26,27)8-3/h9-10,15,17H,6-8,11-14H2,1-5H3,(H,21,25). The molecule has 0 aromatic heterocycles. The number of rotatable bonds is 9. The Morgan fingerprint density at radius 1 is 1.06 bits per heavy atom. The van der Waals surface area contributed by atoms with Crippen LogP contribution in [0.2, 0.25) is 0 Å². The van der Waals surface area contributed by atoms with Crippen molar-refractivity contribution in [2.75, 3.05) is 50.3 Å². The first kappa shape index (κ1) is 25.7. The number of anilines is 1. The molecule has 1 atom stereocenters. The molecule has 1 N–H and O–H groups in total. The van der Waals surface area contributed by atoms with Gasteiger partial charge in [0.1, 0.15) is 0 Å². The molecule has 1 aliphatic heterocycles. The zero-order valence-electron chi connectivity index (χ0n) is 19.0. The van der Waals surface area contributed by atoms with Gasteiger partial charge >= 0.3 is 0 Å². The number of hydrogen-bond acceptors (Lipinski definition) is 6. The molecule has 1 aromatic rings. The van der Waals surface area contributed by atoms with Gasteiger partial charge in [-0.25, -0.2) is 16.8 Å². The summed E-state index contributed by atoms with van der Waals surface area (Å²) in [6.07, 6.45) is 0. The van der Waals surface area contributed by atoms with E-state index < -0.39 is 26.1 Å². The number of benzene rings is 1. The summed E-state index contributed by atoms with van der Waals surface area (Å²) in [6.45, 7) is 11.0. The Kier molecular flexibility index (Phi) is 8.62. The van der Waals surface area contributed by atoms with Crippen LogP contribution in [0.1, 0.15) is 33.3 Å². The monoisotopic (exact) mass is 474 g/mol. The fourth-order valence-electron chi connectivity index (χ4n) is 3.62. The Morgan fingerprint density at radius 3 is 2.16 bits per heavy atom. The molecule has 0 radical (unpaired) electrons. The fraction of sp³-hybridized carbons (Fsp3) is 0.650. The van der Waals surface area contributed by atoms with Gasteiger partial charge in [-0.2, -0.15) is 8.61 Å². The van der Waals surface area contributed by atoms with E-state index in [-0.39, 0.29) is 16.6 Å². The third-order valence-electron chi connectivity index (χ3n) is 5.74. The molecule has 1 amide bonds. The Morgan fingerprint density at radius 2 is 1.65 bits per heavy atom. The average Bonchev–Trinajstić information content (AvgIpc) is 2.75. The maximum absolute atomic E-state index is 12.9. The fourth-order valence-corrected chi connectivity index (χ4v) is 6.42. The van der Waals surface area contributed by atoms with Crippen LogP contribution in [-0.4, -0.2) is 87.3 Å². The number of aryl methyl sites for hydroxylation is 1. The second kappa shape index (κ2) is 10.4. The van der Waals surface area contributed by atoms with Crippen molar-refractivity contribution in [1.29, 1.82) is 0 Å². The summed E-state index contributed by atoms with van der Waals surface area (Å²) in [6, 6.07) is 4.40. The van der Waals surface area contributed by atoms with E-state index in [4.69, 9.17) is 0 Å². The van der Waals surface area contributed by atoms with Crippen LogP contribution >= 0.6 is 0 Å². The van der Waals surface area contributed by atoms with E-state index in [1.165, 1.54) is 14.7 Å². The Labute approximate surface area is 186 Å². The molecule has 1 aromatic carbocycles. The lowest BCUT2D eigenvalue weighted by atomic mass is 10.2. The van der Waals surface area contributed by atoms with Crippen molar-refractivity contribution in [2.45, 2.75) is 45.6 Å². The first-order chi connectivity index (χ1) is 14.5. The predicted molar refractivity (Wildman–Crippen MR) is 122 cm³/mol. The van der Waals surface area contributed by atoms with E-state index in [1.807, 2.05) is 4.90 Å². The van der Waals surface area contributed by atoms with Gasteiger partial charge in [0.15, 0.2) is 0 Å². The van der Waals surface area contributed by atoms with E-state index in [0.29, 0.717) is 50.5 Å². The number of hydrogen-bond donors (Lipinski definition) is 1. The Bertz CT molecular complexity index is 983. The molecule has 1 heterocycles. The number of sulfonamides is 2. The number of piperazine rings is 1. The second-order valence-electron chi connectivity index (χ2n) is 7.57. The van der Waals surface area contributed by atoms with Crippen molar-refractivity contribution in [1.82, 2.24) is 13.5 Å². The first-order valence-electron chi connectivity index (χ1n) is 10.6. The molecule has 9 nitrogen and oxygen atoms in total. The van der Waals surface area contributed by atoms with Gasteiger partial charge in [-0.15, -0.1) is 0 Å². The van der Waals surface area contributed by atoms with E-state index in [0.717, 1.165) is 0 Å². The number of nitrogens with one attached hydrogen (secondary N) is 1. The highest BCUT2D eigenvalue weighted by Crippen LogP contribution is 2.24. The predicted octanol–water partition coefficient (Wildman–Crippen LogP) is 1.32. The third-order valence-corrected chi connectivity index (χ3v) is 9.81. The lowest BCUT2D eigenvalue weighted by Gasteiger charge is -2.36. The van der Waals surface area contributed by atoms with Crippen LogP contribution < -0.4 is 5.32 Å². The highest BCUT2D eigenvalue weighted by atomic mass is 32.2. The third kappa shape index (κ3) is 5.83. The Hall–Kier alpha value is -1.53. The summed E-state index contributed by atoms with van der Waals surface area (Å²) < 4.78 is 52.7. The van der Waals surface area contributed by atoms with Crippen molar-refractivity contribution < 1.29 is 21.6 Å². The zero-order valence-corrected chi connectivity index (χ0v) is 20.6. The highest BCUT2D eigenvalue weighted by molar-refractivity contribution is 7.89. The lowest BCUT2D eigenvalue weighted by Crippen LogP contribution is -2.54. The van der Waals surface area contributed by atoms with E-state index in [9.17, 15) is 21.6 Å². The molecule has 1 saturated heterocycles. The summed E-state index contributed by atoms with van der Waals surface area (Å²) in [5.74, 6) is -0.198. The average molecular weight is 475 g/mol. The van der Waals surface area contributed by atoms with Gasteiger partial charge in [-0.3, -0.25) is 9.69 Å². The number of nitrogens with zero attached hydrogens (tertiary/aromatic N) is 3. The van der Waals surface area contributed by atoms with Gasteiger partial charge in [-0.1, -0.05) is 19.9 Å². The quantitative estimate of drug-likeness (QED) is 0.578. The molecular weight excluding hydrogens is 440 g/mol. The minimum absolute atomic E-state index is 0.0647. The molecule has 11 heteroatoms. The minimum atomic E-state index is -3.64. The molecule has 0 bridgehead atoms. The molecule has 176 valence electrons. The van der Waals surface area contributed by atoms with E-state index >= 15 is 0 Å². The molecule has 0 saturated carbocycles. The van der Waals surface area contributed by atoms with Crippen LogP contribution in [0.25, 0.3) is 0 Å². The number of amides is 1. The maximum Gasteiger partial charge on any atom is 0.243 e. The number of carbonyl (C=O) groups is 1. The van der Waals surface area contributed by atoms with Crippen LogP contribution in [0.4, 0.5) is 5.69 Å². The van der Waals surface area contributed by atoms with E-state index in [2.05, 4.69) is 5.32 Å². The smallest absolute Gasteiger partial charge is 0.243 e. The first-order valence-corrected chi connectivity index (χ1v) is 13.7. The van der Waals surface area contributed by atoms with Crippen molar-refractivity contribution in [3.8, 4) is 0 Å². The van der Waals surface area contributed by atoms with Crippen molar-refractivity contribution in [3.05, 3.63) is 23.8 Å². The van der Waals surface area contributed by atoms with Crippen LogP contribution in [0.15, 0.2) is 23.1 Å². The summed E-state index contributed by atoms with van der Waals surface area (Å²) in [5, 5.41) is 2.81. The molecule has 1 fully saturated rings. The molecule has 0 spiro atoms. The summed E-state index contributed by atoms with van der Waals surface area (Å²) >= 11 is 0. The molecule has 0 aliphatic carbocycles. The number of carbonyl (C=O) groups excluding carboxylic acids is 1. The van der Waals surface area contributed by atoms with Crippen molar-refractivity contribution in [3.63, 3.8) is 0 Å². The van der Waals surface area contributed by atoms with Gasteiger partial charge in [0, 0.05) is 45.0 Å². The lowest BCUT2D eigenvalue weighted by molar-refractivity contribution is -0.121. The minimum Gasteiger partial charge on any atom is -0.325 e. The maximum atomic E-state index is 12.9. The van der Waals surface area contributed by atoms with Crippen LogP contribution in [-0.2, 0) is 24.8 Å². The highest BCUT2D eigenvalue weighted by Gasteiger charge is 2.30. The Balaban J connectivity index is 2.11.